The monoisotopic (exact) mass is 439 g/mol. The Morgan fingerprint density at radius 3 is 2.55 bits per heavy atom. The number of rotatable bonds is 4. The number of aromatic nitrogens is 3. The highest BCUT2D eigenvalue weighted by molar-refractivity contribution is 5.90. The SMILES string of the molecule is O=C1O[C@@H](Cn2ccnn2)CN1c1cc(F)c(N2CCC3(OCCO3)C(F)C2)c(F)c1. The molecular formula is C19H20F3N5O4. The molecule has 166 valence electrons. The van der Waals surface area contributed by atoms with Crippen LogP contribution in [-0.2, 0) is 20.8 Å². The highest BCUT2D eigenvalue weighted by Crippen LogP contribution is 2.38. The first kappa shape index (κ1) is 20.1. The van der Waals surface area contributed by atoms with Gasteiger partial charge in [-0.1, -0.05) is 5.21 Å². The summed E-state index contributed by atoms with van der Waals surface area (Å²) in [6, 6.07) is 2.11. The second kappa shape index (κ2) is 7.68. The maximum Gasteiger partial charge on any atom is 0.414 e. The van der Waals surface area contributed by atoms with Crippen LogP contribution in [0.4, 0.5) is 29.3 Å². The van der Waals surface area contributed by atoms with Crippen molar-refractivity contribution in [1.29, 1.82) is 0 Å². The van der Waals surface area contributed by atoms with Gasteiger partial charge in [0.2, 0.25) is 5.79 Å². The summed E-state index contributed by atoms with van der Waals surface area (Å²) in [4.78, 5) is 14.7. The minimum atomic E-state index is -1.55. The maximum absolute atomic E-state index is 14.9. The van der Waals surface area contributed by atoms with Gasteiger partial charge in [0.1, 0.15) is 11.8 Å². The lowest BCUT2D eigenvalue weighted by Crippen LogP contribution is -2.54. The van der Waals surface area contributed by atoms with Gasteiger partial charge in [0.25, 0.3) is 0 Å². The van der Waals surface area contributed by atoms with E-state index in [0.29, 0.717) is 13.2 Å². The van der Waals surface area contributed by atoms with Crippen LogP contribution in [0.1, 0.15) is 6.42 Å². The Hall–Kier alpha value is -2.86. The van der Waals surface area contributed by atoms with E-state index < -0.39 is 35.8 Å². The van der Waals surface area contributed by atoms with E-state index in [0.717, 1.165) is 17.0 Å². The van der Waals surface area contributed by atoms with Crippen LogP contribution in [0.15, 0.2) is 24.5 Å². The number of carbonyl (C=O) groups excluding carboxylic acids is 1. The van der Waals surface area contributed by atoms with Crippen LogP contribution in [0.25, 0.3) is 0 Å². The molecule has 3 saturated heterocycles. The van der Waals surface area contributed by atoms with Crippen molar-refractivity contribution in [3.63, 3.8) is 0 Å². The quantitative estimate of drug-likeness (QED) is 0.720. The molecule has 3 fully saturated rings. The zero-order chi connectivity index (χ0) is 21.6. The van der Waals surface area contributed by atoms with E-state index in [9.17, 15) is 18.0 Å². The molecule has 31 heavy (non-hydrogen) atoms. The molecule has 0 radical (unpaired) electrons. The Kier molecular flexibility index (Phi) is 4.97. The van der Waals surface area contributed by atoms with Crippen molar-refractivity contribution >= 4 is 17.5 Å². The van der Waals surface area contributed by atoms with Crippen LogP contribution < -0.4 is 9.80 Å². The van der Waals surface area contributed by atoms with Crippen molar-refractivity contribution in [2.75, 3.05) is 42.6 Å². The van der Waals surface area contributed by atoms with Gasteiger partial charge in [0.15, 0.2) is 17.8 Å². The Morgan fingerprint density at radius 2 is 1.90 bits per heavy atom. The summed E-state index contributed by atoms with van der Waals surface area (Å²) in [5, 5.41) is 7.49. The summed E-state index contributed by atoms with van der Waals surface area (Å²) in [5.41, 5.74) is -0.316. The van der Waals surface area contributed by atoms with E-state index in [-0.39, 0.29) is 44.0 Å². The lowest BCUT2D eigenvalue weighted by molar-refractivity contribution is -0.207. The minimum Gasteiger partial charge on any atom is -0.442 e. The Balaban J connectivity index is 1.32. The molecule has 1 aromatic carbocycles. The Morgan fingerprint density at radius 1 is 1.16 bits per heavy atom. The van der Waals surface area contributed by atoms with E-state index in [1.807, 2.05) is 0 Å². The number of nitrogens with zero attached hydrogens (tertiary/aromatic N) is 5. The van der Waals surface area contributed by atoms with Crippen molar-refractivity contribution < 1.29 is 32.2 Å². The molecule has 2 aromatic rings. The molecule has 1 unspecified atom stereocenters. The molecule has 0 N–H and O–H groups in total. The van der Waals surface area contributed by atoms with Gasteiger partial charge in [-0.15, -0.1) is 5.10 Å². The largest absolute Gasteiger partial charge is 0.442 e. The van der Waals surface area contributed by atoms with Gasteiger partial charge < -0.3 is 19.1 Å². The first-order chi connectivity index (χ1) is 14.9. The summed E-state index contributed by atoms with van der Waals surface area (Å²) in [5.74, 6) is -3.11. The molecule has 2 atom stereocenters. The molecule has 9 nitrogen and oxygen atoms in total. The molecule has 1 spiro atoms. The third kappa shape index (κ3) is 3.59. The van der Waals surface area contributed by atoms with Crippen LogP contribution in [0.5, 0.6) is 0 Å². The Labute approximate surface area is 175 Å². The van der Waals surface area contributed by atoms with Gasteiger partial charge in [-0.3, -0.25) is 4.90 Å². The molecule has 3 aliphatic rings. The number of cyclic esters (lactones) is 1. The van der Waals surface area contributed by atoms with E-state index in [2.05, 4.69) is 10.3 Å². The number of carbonyl (C=O) groups is 1. The number of benzene rings is 1. The van der Waals surface area contributed by atoms with Gasteiger partial charge in [-0.2, -0.15) is 0 Å². The number of hydrogen-bond donors (Lipinski definition) is 0. The molecule has 12 heteroatoms. The number of alkyl halides is 1. The van der Waals surface area contributed by atoms with E-state index >= 15 is 0 Å². The zero-order valence-electron chi connectivity index (χ0n) is 16.4. The van der Waals surface area contributed by atoms with Crippen LogP contribution >= 0.6 is 0 Å². The molecule has 5 rings (SSSR count). The van der Waals surface area contributed by atoms with Gasteiger partial charge in [-0.25, -0.2) is 22.6 Å². The van der Waals surface area contributed by atoms with E-state index in [1.165, 1.54) is 15.8 Å². The van der Waals surface area contributed by atoms with Crippen molar-refractivity contribution in [2.24, 2.45) is 0 Å². The van der Waals surface area contributed by atoms with Crippen molar-refractivity contribution in [2.45, 2.75) is 31.0 Å². The predicted molar refractivity (Wildman–Crippen MR) is 100 cm³/mol. The first-order valence-corrected chi connectivity index (χ1v) is 9.93. The molecule has 1 aromatic heterocycles. The van der Waals surface area contributed by atoms with Crippen LogP contribution in [0, 0.1) is 11.6 Å². The number of piperidine rings is 1. The summed E-state index contributed by atoms with van der Waals surface area (Å²) < 4.78 is 62.1. The molecule has 3 aliphatic heterocycles. The highest BCUT2D eigenvalue weighted by Gasteiger charge is 2.49. The van der Waals surface area contributed by atoms with E-state index in [4.69, 9.17) is 14.2 Å². The van der Waals surface area contributed by atoms with Crippen LogP contribution in [0.2, 0.25) is 0 Å². The Bertz CT molecular complexity index is 946. The van der Waals surface area contributed by atoms with Gasteiger partial charge in [-0.05, 0) is 0 Å². The lowest BCUT2D eigenvalue weighted by Gasteiger charge is -2.41. The standard InChI is InChI=1S/C19H20F3N5O4/c20-14-7-12(27-10-13(31-18(27)28)9-26-4-2-23-24-26)8-15(21)17(14)25-3-1-19(16(22)11-25)29-5-6-30-19/h2,4,7-8,13,16H,1,3,5-6,9-11H2/t13-,16?/m0/s1. The maximum atomic E-state index is 14.9. The molecule has 0 saturated carbocycles. The van der Waals surface area contributed by atoms with Crippen molar-refractivity contribution in [3.05, 3.63) is 36.2 Å². The highest BCUT2D eigenvalue weighted by atomic mass is 19.1. The fourth-order valence-electron chi connectivity index (χ4n) is 4.25. The van der Waals surface area contributed by atoms with Gasteiger partial charge in [0, 0.05) is 31.3 Å². The average Bonchev–Trinajstić information content (AvgIpc) is 3.47. The third-order valence-electron chi connectivity index (χ3n) is 5.73. The molecule has 0 aliphatic carbocycles. The average molecular weight is 439 g/mol. The second-order valence-corrected chi connectivity index (χ2v) is 7.67. The van der Waals surface area contributed by atoms with E-state index in [1.54, 1.807) is 6.20 Å². The first-order valence-electron chi connectivity index (χ1n) is 9.93. The number of anilines is 2. The van der Waals surface area contributed by atoms with Gasteiger partial charge in [0.05, 0.1) is 44.7 Å². The summed E-state index contributed by atoms with van der Waals surface area (Å²) in [7, 11) is 0. The zero-order valence-corrected chi connectivity index (χ0v) is 16.4. The summed E-state index contributed by atoms with van der Waals surface area (Å²) in [6.45, 7) is 0.856. The smallest absolute Gasteiger partial charge is 0.414 e. The summed E-state index contributed by atoms with van der Waals surface area (Å²) in [6.07, 6.45) is 0.457. The fourth-order valence-corrected chi connectivity index (χ4v) is 4.25. The number of halogens is 3. The molecule has 1 amide bonds. The number of hydrogen-bond acceptors (Lipinski definition) is 7. The predicted octanol–water partition coefficient (Wildman–Crippen LogP) is 1.87. The van der Waals surface area contributed by atoms with Crippen LogP contribution in [0.3, 0.4) is 0 Å². The molecule has 0 bridgehead atoms. The van der Waals surface area contributed by atoms with Crippen molar-refractivity contribution in [1.82, 2.24) is 15.0 Å². The summed E-state index contributed by atoms with van der Waals surface area (Å²) >= 11 is 0. The fraction of sp³-hybridized carbons (Fsp3) is 0.526. The van der Waals surface area contributed by atoms with Gasteiger partial charge >= 0.3 is 6.09 Å². The minimum absolute atomic E-state index is 0.0255. The third-order valence-corrected chi connectivity index (χ3v) is 5.73. The lowest BCUT2D eigenvalue weighted by atomic mass is 10.0. The number of ether oxygens (including phenoxy) is 3. The molecule has 4 heterocycles. The van der Waals surface area contributed by atoms with Crippen molar-refractivity contribution in [3.8, 4) is 0 Å². The number of amides is 1. The normalized spacial score (nSPS) is 25.5. The molecular weight excluding hydrogens is 419 g/mol. The topological polar surface area (TPSA) is 82.0 Å². The second-order valence-electron chi connectivity index (χ2n) is 7.67. The van der Waals surface area contributed by atoms with Crippen LogP contribution in [-0.4, -0.2) is 72.0 Å².